The summed E-state index contributed by atoms with van der Waals surface area (Å²) < 4.78 is 41.1. The monoisotopic (exact) mass is 591 g/mol. The highest BCUT2D eigenvalue weighted by Crippen LogP contribution is 2.59. The van der Waals surface area contributed by atoms with Gasteiger partial charge in [0.05, 0.1) is 5.52 Å². The highest BCUT2D eigenvalue weighted by Gasteiger charge is 2.64. The molecule has 1 aliphatic heterocycles. The molecule has 2 fully saturated rings. The van der Waals surface area contributed by atoms with Crippen LogP contribution in [0.1, 0.15) is 54.1 Å². The lowest BCUT2D eigenvalue weighted by Gasteiger charge is -2.27. The Morgan fingerprint density at radius 2 is 1.79 bits per heavy atom. The lowest BCUT2D eigenvalue weighted by molar-refractivity contribution is -0.141. The standard InChI is InChI=1S/C30H28F3N7O3/c1-15-7-18(19-11-35-17(3)36-12-19)8-20-21(16(2)41)13-39(26(15)20)14-25(42)40-22(9-29(4)10-24(29)40)27(43)38-28-34-6-5-23(37-28)30(31,32)33/h5-8,11-13,22,24H,9-10,14H2,1-4H3,(H,34,37,38,43)/t22-,24?,29-/m0/s1. The first-order valence-electron chi connectivity index (χ1n) is 13.7. The van der Waals surface area contributed by atoms with Gasteiger partial charge in [-0.25, -0.2) is 19.9 Å². The molecular formula is C30H28F3N7O3. The number of aromatic nitrogens is 5. The molecule has 1 aliphatic carbocycles. The number of piperidine rings is 1. The third-order valence-electron chi connectivity index (χ3n) is 8.37. The van der Waals surface area contributed by atoms with Crippen LogP contribution in [0, 0.1) is 19.3 Å². The highest BCUT2D eigenvalue weighted by molar-refractivity contribution is 6.09. The summed E-state index contributed by atoms with van der Waals surface area (Å²) in [6.07, 6.45) is 2.39. The first kappa shape index (κ1) is 28.4. The van der Waals surface area contributed by atoms with Crippen LogP contribution >= 0.6 is 0 Å². The fourth-order valence-electron chi connectivity index (χ4n) is 6.13. The zero-order valence-corrected chi connectivity index (χ0v) is 23.9. The van der Waals surface area contributed by atoms with Crippen molar-refractivity contribution >= 4 is 34.4 Å². The van der Waals surface area contributed by atoms with E-state index in [4.69, 9.17) is 0 Å². The minimum absolute atomic E-state index is 0.131. The van der Waals surface area contributed by atoms with Gasteiger partial charge in [-0.05, 0) is 68.4 Å². The van der Waals surface area contributed by atoms with E-state index in [1.807, 2.05) is 26.0 Å². The number of likely N-dealkylation sites (tertiary alicyclic amines) is 1. The number of aryl methyl sites for hydroxylation is 2. The Kier molecular flexibility index (Phi) is 6.58. The Labute approximate surface area is 244 Å². The molecule has 222 valence electrons. The number of carbonyl (C=O) groups excluding carboxylic acids is 3. The molecular weight excluding hydrogens is 563 g/mol. The van der Waals surface area contributed by atoms with E-state index in [-0.39, 0.29) is 29.7 Å². The second-order valence-electron chi connectivity index (χ2n) is 11.6. The number of alkyl halides is 3. The number of anilines is 1. The van der Waals surface area contributed by atoms with Crippen LogP contribution in [0.3, 0.4) is 0 Å². The van der Waals surface area contributed by atoms with Crippen molar-refractivity contribution in [3.8, 4) is 11.1 Å². The van der Waals surface area contributed by atoms with Crippen molar-refractivity contribution < 1.29 is 27.6 Å². The minimum atomic E-state index is -4.70. The molecule has 4 aromatic rings. The first-order chi connectivity index (χ1) is 20.2. The van der Waals surface area contributed by atoms with Crippen molar-refractivity contribution in [3.63, 3.8) is 0 Å². The summed E-state index contributed by atoms with van der Waals surface area (Å²) >= 11 is 0. The predicted octanol–water partition coefficient (Wildman–Crippen LogP) is 4.74. The van der Waals surface area contributed by atoms with Gasteiger partial charge >= 0.3 is 6.18 Å². The Morgan fingerprint density at radius 1 is 1.07 bits per heavy atom. The second kappa shape index (κ2) is 9.96. The van der Waals surface area contributed by atoms with E-state index in [0.717, 1.165) is 22.9 Å². The van der Waals surface area contributed by atoms with Crippen LogP contribution < -0.4 is 5.32 Å². The summed E-state index contributed by atoms with van der Waals surface area (Å²) in [5, 5.41) is 3.05. The molecule has 3 aromatic heterocycles. The number of amides is 2. The average molecular weight is 592 g/mol. The van der Waals surface area contributed by atoms with E-state index in [1.165, 1.54) is 11.8 Å². The van der Waals surface area contributed by atoms with E-state index >= 15 is 0 Å². The number of halogens is 3. The number of hydrogen-bond donors (Lipinski definition) is 1. The van der Waals surface area contributed by atoms with Crippen molar-refractivity contribution in [2.24, 2.45) is 5.41 Å². The molecule has 3 atom stereocenters. The molecule has 6 rings (SSSR count). The average Bonchev–Trinajstić information content (AvgIpc) is 3.29. The third-order valence-corrected chi connectivity index (χ3v) is 8.37. The van der Waals surface area contributed by atoms with Gasteiger partial charge in [0, 0.05) is 47.3 Å². The number of benzene rings is 1. The number of hydrogen-bond acceptors (Lipinski definition) is 7. The zero-order valence-electron chi connectivity index (χ0n) is 23.9. The first-order valence-corrected chi connectivity index (χ1v) is 13.7. The van der Waals surface area contributed by atoms with Crippen LogP contribution in [-0.4, -0.2) is 59.1 Å². The topological polar surface area (TPSA) is 123 Å². The van der Waals surface area contributed by atoms with Gasteiger partial charge in [-0.15, -0.1) is 0 Å². The van der Waals surface area contributed by atoms with Gasteiger partial charge in [-0.2, -0.15) is 13.2 Å². The number of Topliss-reactive ketones (excluding diaryl/α,β-unsaturated/α-hetero) is 1. The molecule has 43 heavy (non-hydrogen) atoms. The van der Waals surface area contributed by atoms with E-state index in [1.54, 1.807) is 30.1 Å². The highest BCUT2D eigenvalue weighted by atomic mass is 19.4. The molecule has 1 saturated heterocycles. The molecule has 0 radical (unpaired) electrons. The number of ketones is 1. The fourth-order valence-corrected chi connectivity index (χ4v) is 6.13. The fraction of sp³-hybridized carbons (Fsp3) is 0.367. The second-order valence-corrected chi connectivity index (χ2v) is 11.6. The molecule has 1 unspecified atom stereocenters. The molecule has 1 saturated carbocycles. The van der Waals surface area contributed by atoms with Crippen LogP contribution in [0.4, 0.5) is 19.1 Å². The van der Waals surface area contributed by atoms with E-state index < -0.39 is 29.8 Å². The van der Waals surface area contributed by atoms with Crippen molar-refractivity contribution in [2.75, 3.05) is 5.32 Å². The van der Waals surface area contributed by atoms with Crippen LogP contribution in [0.5, 0.6) is 0 Å². The van der Waals surface area contributed by atoms with E-state index in [2.05, 4.69) is 25.3 Å². The quantitative estimate of drug-likeness (QED) is 0.321. The normalized spacial score (nSPS) is 21.1. The number of carbonyl (C=O) groups is 3. The molecule has 1 N–H and O–H groups in total. The molecule has 13 heteroatoms. The van der Waals surface area contributed by atoms with Crippen LogP contribution in [0.25, 0.3) is 22.0 Å². The lowest BCUT2D eigenvalue weighted by Crippen LogP contribution is -2.46. The molecule has 0 spiro atoms. The Morgan fingerprint density at radius 3 is 2.47 bits per heavy atom. The smallest absolute Gasteiger partial charge is 0.337 e. The summed E-state index contributed by atoms with van der Waals surface area (Å²) in [4.78, 5) is 57.0. The Balaban J connectivity index is 1.29. The van der Waals surface area contributed by atoms with Gasteiger partial charge in [-0.1, -0.05) is 6.92 Å². The molecule has 1 aromatic carbocycles. The number of fused-ring (bicyclic) bond motifs is 2. The maximum Gasteiger partial charge on any atom is 0.433 e. The van der Waals surface area contributed by atoms with E-state index in [9.17, 15) is 27.6 Å². The van der Waals surface area contributed by atoms with Crippen LogP contribution in [0.2, 0.25) is 0 Å². The number of rotatable bonds is 6. The molecule has 2 amide bonds. The molecule has 2 aliphatic rings. The van der Waals surface area contributed by atoms with Crippen LogP contribution in [0.15, 0.2) is 43.0 Å². The van der Waals surface area contributed by atoms with Crippen molar-refractivity contribution in [1.82, 2.24) is 29.4 Å². The maximum atomic E-state index is 13.8. The molecule has 4 heterocycles. The molecule has 0 bridgehead atoms. The minimum Gasteiger partial charge on any atom is -0.337 e. The SMILES string of the molecule is CC(=O)c1cn(CC(=O)N2C3C[C@]3(C)C[C@H]2C(=O)Nc2nccc(C(F)(F)F)n2)c2c(C)cc(-c3cnc(C)nc3)cc12. The van der Waals surface area contributed by atoms with Crippen LogP contribution in [-0.2, 0) is 22.3 Å². The van der Waals surface area contributed by atoms with Gasteiger partial charge in [0.15, 0.2) is 5.78 Å². The van der Waals surface area contributed by atoms with Crippen molar-refractivity contribution in [3.05, 3.63) is 65.6 Å². The van der Waals surface area contributed by atoms with Gasteiger partial charge < -0.3 is 9.47 Å². The predicted molar refractivity (Wildman–Crippen MR) is 150 cm³/mol. The summed E-state index contributed by atoms with van der Waals surface area (Å²) in [5.74, 6) is -0.991. The van der Waals surface area contributed by atoms with Gasteiger partial charge in [0.25, 0.3) is 0 Å². The maximum absolute atomic E-state index is 13.8. The van der Waals surface area contributed by atoms with Gasteiger partial charge in [-0.3, -0.25) is 19.7 Å². The number of nitrogens with one attached hydrogen (secondary N) is 1. The molecule has 10 nitrogen and oxygen atoms in total. The largest absolute Gasteiger partial charge is 0.433 e. The van der Waals surface area contributed by atoms with Crippen molar-refractivity contribution in [1.29, 1.82) is 0 Å². The summed E-state index contributed by atoms with van der Waals surface area (Å²) in [6, 6.07) is 3.46. The lowest BCUT2D eigenvalue weighted by atomic mass is 10.0. The van der Waals surface area contributed by atoms with Gasteiger partial charge in [0.2, 0.25) is 17.8 Å². The van der Waals surface area contributed by atoms with E-state index in [0.29, 0.717) is 41.2 Å². The van der Waals surface area contributed by atoms with Gasteiger partial charge in [0.1, 0.15) is 24.1 Å². The third kappa shape index (κ3) is 5.12. The van der Waals surface area contributed by atoms with Crippen molar-refractivity contribution in [2.45, 2.75) is 65.3 Å². The number of nitrogens with zero attached hydrogens (tertiary/aromatic N) is 6. The Bertz CT molecular complexity index is 1800. The summed E-state index contributed by atoms with van der Waals surface area (Å²) in [7, 11) is 0. The summed E-state index contributed by atoms with van der Waals surface area (Å²) in [6.45, 7) is 7.00. The Hall–Kier alpha value is -4.68. The summed E-state index contributed by atoms with van der Waals surface area (Å²) in [5.41, 5.74) is 2.18. The zero-order chi connectivity index (χ0) is 30.8.